The van der Waals surface area contributed by atoms with Crippen LogP contribution in [-0.2, 0) is 17.7 Å². The van der Waals surface area contributed by atoms with Gasteiger partial charge >= 0.3 is 5.92 Å². The molecule has 1 unspecified atom stereocenters. The summed E-state index contributed by atoms with van der Waals surface area (Å²) in [4.78, 5) is 12.1. The number of unbranched alkanes of at least 4 members (excludes halogenated alkanes) is 1. The zero-order chi connectivity index (χ0) is 29.4. The van der Waals surface area contributed by atoms with Crippen molar-refractivity contribution in [2.75, 3.05) is 13.3 Å². The molecule has 0 fully saturated rings. The van der Waals surface area contributed by atoms with Gasteiger partial charge in [0.25, 0.3) is 0 Å². The van der Waals surface area contributed by atoms with E-state index in [-0.39, 0.29) is 5.76 Å². The molecule has 4 aromatic rings. The maximum absolute atomic E-state index is 13.5. The molecule has 0 radical (unpaired) electrons. The molecule has 0 bridgehead atoms. The fraction of sp³-hybridized carbons (Fsp3) is 0.343. The predicted octanol–water partition coefficient (Wildman–Crippen LogP) is 9.77. The molecule has 41 heavy (non-hydrogen) atoms. The van der Waals surface area contributed by atoms with E-state index in [1.54, 1.807) is 12.2 Å². The predicted molar refractivity (Wildman–Crippen MR) is 164 cm³/mol. The Morgan fingerprint density at radius 3 is 2.54 bits per heavy atom. The molecule has 3 aromatic carbocycles. The van der Waals surface area contributed by atoms with Gasteiger partial charge in [-0.1, -0.05) is 82.2 Å². The molecule has 1 atom stereocenters. The third-order valence-corrected chi connectivity index (χ3v) is 7.65. The number of nitrogens with zero attached hydrogens (tertiary/aromatic N) is 1. The second-order valence-electron chi connectivity index (χ2n) is 10.6. The largest absolute Gasteiger partial charge is 0.488 e. The van der Waals surface area contributed by atoms with Gasteiger partial charge in [-0.2, -0.15) is 8.78 Å². The zero-order valence-electron chi connectivity index (χ0n) is 23.8. The van der Waals surface area contributed by atoms with E-state index in [1.165, 1.54) is 18.6 Å². The summed E-state index contributed by atoms with van der Waals surface area (Å²) >= 11 is 0. The van der Waals surface area contributed by atoms with E-state index >= 15 is 0 Å². The van der Waals surface area contributed by atoms with Crippen molar-refractivity contribution in [1.82, 2.24) is 4.57 Å². The Balaban J connectivity index is 1.83. The summed E-state index contributed by atoms with van der Waals surface area (Å²) in [5.74, 6) is -2.80. The van der Waals surface area contributed by atoms with Gasteiger partial charge < -0.3 is 9.30 Å². The summed E-state index contributed by atoms with van der Waals surface area (Å²) in [7, 11) is 0. The zero-order valence-corrected chi connectivity index (χ0v) is 23.8. The molecule has 0 saturated heterocycles. The van der Waals surface area contributed by atoms with Gasteiger partial charge in [0.15, 0.2) is 19.6 Å². The molecule has 0 N–H and O–H groups in total. The molecular weight excluding hydrogens is 523 g/mol. The molecule has 4 rings (SSSR count). The van der Waals surface area contributed by atoms with Gasteiger partial charge in [0.2, 0.25) is 0 Å². The molecule has 6 heteroatoms. The Kier molecular flexibility index (Phi) is 10.1. The van der Waals surface area contributed by atoms with Crippen LogP contribution in [0.2, 0.25) is 0 Å². The fourth-order valence-corrected chi connectivity index (χ4v) is 5.41. The number of ether oxygens (including phenoxy) is 1. The highest BCUT2D eigenvalue weighted by molar-refractivity contribution is 6.21. The van der Waals surface area contributed by atoms with Crippen molar-refractivity contribution < 1.29 is 22.7 Å². The fourth-order valence-electron chi connectivity index (χ4n) is 5.41. The first-order valence-corrected chi connectivity index (χ1v) is 14.3. The van der Waals surface area contributed by atoms with Crippen molar-refractivity contribution in [2.45, 2.75) is 58.4 Å². The van der Waals surface area contributed by atoms with Gasteiger partial charge in [0.05, 0.1) is 5.52 Å². The first-order valence-electron chi connectivity index (χ1n) is 14.3. The monoisotopic (exact) mass is 561 g/mol. The van der Waals surface area contributed by atoms with Crippen LogP contribution in [0.3, 0.4) is 0 Å². The lowest BCUT2D eigenvalue weighted by Crippen LogP contribution is -2.25. The molecule has 0 aliphatic rings. The average Bonchev–Trinajstić information content (AvgIpc) is 3.30. The van der Waals surface area contributed by atoms with Crippen LogP contribution < -0.4 is 0 Å². The van der Waals surface area contributed by atoms with Crippen LogP contribution in [0.5, 0.6) is 0 Å². The molecule has 0 spiro atoms. The van der Waals surface area contributed by atoms with Gasteiger partial charge in [-0.15, -0.1) is 0 Å². The molecule has 1 aromatic heterocycles. The number of aromatic nitrogens is 1. The highest BCUT2D eigenvalue weighted by atomic mass is 19.3. The molecule has 0 amide bonds. The third kappa shape index (κ3) is 6.92. The molecule has 1 heterocycles. The molecule has 0 aliphatic carbocycles. The molecule has 216 valence electrons. The number of fused-ring (bicyclic) bond motifs is 5. The Hall–Kier alpha value is -3.80. The van der Waals surface area contributed by atoms with E-state index < -0.39 is 19.2 Å². The maximum Gasteiger partial charge on any atom is 0.309 e. The third-order valence-electron chi connectivity index (χ3n) is 7.65. The van der Waals surface area contributed by atoms with Gasteiger partial charge in [-0.25, -0.2) is 4.39 Å². The molecule has 0 saturated carbocycles. The van der Waals surface area contributed by atoms with E-state index in [4.69, 9.17) is 4.74 Å². The number of carbonyl (C=O) groups excluding carboxylic acids is 1. The number of allylic oxidation sites excluding steroid dienone is 4. The van der Waals surface area contributed by atoms with Crippen molar-refractivity contribution in [3.63, 3.8) is 0 Å². The number of halogens is 3. The quantitative estimate of drug-likeness (QED) is 0.0822. The van der Waals surface area contributed by atoms with E-state index in [9.17, 15) is 18.0 Å². The maximum atomic E-state index is 13.5. The lowest BCUT2D eigenvalue weighted by atomic mass is 9.98. The Morgan fingerprint density at radius 1 is 1.07 bits per heavy atom. The van der Waals surface area contributed by atoms with Crippen LogP contribution in [-0.4, -0.2) is 30.1 Å². The van der Waals surface area contributed by atoms with E-state index in [2.05, 4.69) is 43.2 Å². The highest BCUT2D eigenvalue weighted by Crippen LogP contribution is 2.37. The summed E-state index contributed by atoms with van der Waals surface area (Å²) in [5, 5.41) is 4.04. The van der Waals surface area contributed by atoms with Crippen LogP contribution in [0.15, 0.2) is 85.2 Å². The van der Waals surface area contributed by atoms with Crippen molar-refractivity contribution in [2.24, 2.45) is 5.92 Å². The normalized spacial score (nSPS) is 13.4. The topological polar surface area (TPSA) is 31.2 Å². The second-order valence-corrected chi connectivity index (χ2v) is 10.6. The van der Waals surface area contributed by atoms with E-state index in [0.717, 1.165) is 70.2 Å². The van der Waals surface area contributed by atoms with E-state index in [0.29, 0.717) is 17.9 Å². The molecule has 0 aliphatic heterocycles. The number of alkyl halides is 3. The summed E-state index contributed by atoms with van der Waals surface area (Å²) < 4.78 is 47.2. The first-order chi connectivity index (χ1) is 19.8. The number of hydrogen-bond donors (Lipinski definition) is 0. The lowest BCUT2D eigenvalue weighted by molar-refractivity contribution is -0.0737. The minimum absolute atomic E-state index is 0.219. The van der Waals surface area contributed by atoms with Crippen molar-refractivity contribution in [1.29, 1.82) is 0 Å². The van der Waals surface area contributed by atoms with Crippen LogP contribution in [0.25, 0.3) is 32.6 Å². The first kappa shape index (κ1) is 30.2. The van der Waals surface area contributed by atoms with Crippen LogP contribution in [0.4, 0.5) is 13.2 Å². The van der Waals surface area contributed by atoms with Crippen molar-refractivity contribution in [3.05, 3.63) is 96.3 Å². The minimum atomic E-state index is -3.55. The molecule has 3 nitrogen and oxygen atoms in total. The number of rotatable bonds is 15. The Morgan fingerprint density at radius 2 is 1.85 bits per heavy atom. The number of benzene rings is 3. The standard InChI is InChI=1S/C35H38F3NO2/c1-4-7-11-25(6-3)21-39-33-18-16-26(15-17-28(12-8-5-2)41-24-35(37,38)23-36)19-31(33)32-20-27(22-40)29-13-9-10-14-30(29)34(32)39/h5,8-10,12-14,16-20,22,25H,2,4,6-7,11,15,21,23-24H2,1,3H3/b12-8-,28-17-. The van der Waals surface area contributed by atoms with Gasteiger partial charge in [0.1, 0.15) is 5.76 Å². The summed E-state index contributed by atoms with van der Waals surface area (Å²) in [6.07, 6.45) is 12.3. The van der Waals surface area contributed by atoms with E-state index in [1.807, 2.05) is 30.3 Å². The Labute approximate surface area is 240 Å². The highest BCUT2D eigenvalue weighted by Gasteiger charge is 2.30. The van der Waals surface area contributed by atoms with Gasteiger partial charge in [-0.3, -0.25) is 4.79 Å². The number of carbonyl (C=O) groups is 1. The summed E-state index contributed by atoms with van der Waals surface area (Å²) in [6.45, 7) is 6.14. The van der Waals surface area contributed by atoms with Crippen LogP contribution >= 0.6 is 0 Å². The van der Waals surface area contributed by atoms with Crippen LogP contribution in [0.1, 0.15) is 55.5 Å². The van der Waals surface area contributed by atoms with Gasteiger partial charge in [-0.05, 0) is 60.1 Å². The summed E-state index contributed by atoms with van der Waals surface area (Å²) in [6, 6.07) is 16.3. The van der Waals surface area contributed by atoms with Crippen molar-refractivity contribution in [3.8, 4) is 0 Å². The van der Waals surface area contributed by atoms with Gasteiger partial charge in [0, 0.05) is 33.8 Å². The minimum Gasteiger partial charge on any atom is -0.488 e. The Bertz CT molecular complexity index is 1580. The lowest BCUT2D eigenvalue weighted by Gasteiger charge is -2.18. The van der Waals surface area contributed by atoms with Crippen molar-refractivity contribution >= 4 is 38.9 Å². The number of aldehydes is 1. The average molecular weight is 562 g/mol. The summed E-state index contributed by atoms with van der Waals surface area (Å²) in [5.41, 5.74) is 3.83. The van der Waals surface area contributed by atoms with Crippen LogP contribution in [0, 0.1) is 5.92 Å². The second kappa shape index (κ2) is 13.7. The SMILES string of the molecule is C=C/C=C\C(=C\Cc1ccc2c(c1)c1cc(C=O)c3ccccc3c1n2CC(CC)CCCC)OCC(F)(F)CF. The number of hydrogen-bond acceptors (Lipinski definition) is 2. The smallest absolute Gasteiger partial charge is 0.309 e. The molecular formula is C35H38F3NO2.